The smallest absolute Gasteiger partial charge is 0.323 e. The Bertz CT molecular complexity index is 379. The molecule has 1 aromatic rings. The molecule has 0 amide bonds. The maximum absolute atomic E-state index is 11.5. The third-order valence-electron chi connectivity index (χ3n) is 2.40. The van der Waals surface area contributed by atoms with Gasteiger partial charge in [-0.15, -0.1) is 0 Å². The van der Waals surface area contributed by atoms with Crippen LogP contribution in [0.5, 0.6) is 5.75 Å². The fraction of sp³-hybridized carbons (Fsp3) is 0.462. The van der Waals surface area contributed by atoms with Crippen molar-refractivity contribution in [2.75, 3.05) is 26.4 Å². The standard InChI is InChI=1S/C13H19NO5/c14-12(9-10-1-3-11(16)4-2-10)13(17)19-8-7-18-6-5-15/h1-4,12,15-16H,5-9,14H2. The van der Waals surface area contributed by atoms with E-state index in [2.05, 4.69) is 0 Å². The Morgan fingerprint density at radius 1 is 1.21 bits per heavy atom. The highest BCUT2D eigenvalue weighted by molar-refractivity contribution is 5.75. The van der Waals surface area contributed by atoms with Crippen LogP contribution in [0.4, 0.5) is 0 Å². The van der Waals surface area contributed by atoms with E-state index in [4.69, 9.17) is 25.4 Å². The number of aromatic hydroxyl groups is 1. The molecule has 0 bridgehead atoms. The molecule has 1 aromatic carbocycles. The Morgan fingerprint density at radius 2 is 1.89 bits per heavy atom. The van der Waals surface area contributed by atoms with Gasteiger partial charge in [-0.3, -0.25) is 4.79 Å². The molecule has 0 spiro atoms. The largest absolute Gasteiger partial charge is 0.508 e. The first kappa shape index (κ1) is 15.4. The quantitative estimate of drug-likeness (QED) is 0.447. The summed E-state index contributed by atoms with van der Waals surface area (Å²) in [4.78, 5) is 11.5. The Hall–Kier alpha value is -1.63. The monoisotopic (exact) mass is 269 g/mol. The molecule has 0 heterocycles. The summed E-state index contributed by atoms with van der Waals surface area (Å²) in [5.41, 5.74) is 6.56. The minimum Gasteiger partial charge on any atom is -0.508 e. The highest BCUT2D eigenvalue weighted by atomic mass is 16.6. The molecule has 6 heteroatoms. The van der Waals surface area contributed by atoms with E-state index in [0.29, 0.717) is 6.42 Å². The Labute approximate surface area is 111 Å². The van der Waals surface area contributed by atoms with E-state index in [1.165, 1.54) is 12.1 Å². The average molecular weight is 269 g/mol. The minimum atomic E-state index is -0.748. The minimum absolute atomic E-state index is 0.0612. The predicted molar refractivity (Wildman–Crippen MR) is 68.7 cm³/mol. The fourth-order valence-corrected chi connectivity index (χ4v) is 1.44. The van der Waals surface area contributed by atoms with Gasteiger partial charge in [-0.2, -0.15) is 0 Å². The van der Waals surface area contributed by atoms with Crippen LogP contribution in [0.2, 0.25) is 0 Å². The molecule has 4 N–H and O–H groups in total. The molecule has 0 fully saturated rings. The van der Waals surface area contributed by atoms with Gasteiger partial charge in [0.25, 0.3) is 0 Å². The summed E-state index contributed by atoms with van der Waals surface area (Å²) >= 11 is 0. The molecule has 1 unspecified atom stereocenters. The van der Waals surface area contributed by atoms with Gasteiger partial charge in [0, 0.05) is 0 Å². The second-order valence-electron chi connectivity index (χ2n) is 3.98. The van der Waals surface area contributed by atoms with Gasteiger partial charge in [0.1, 0.15) is 18.4 Å². The zero-order valence-corrected chi connectivity index (χ0v) is 10.6. The summed E-state index contributed by atoms with van der Waals surface area (Å²) in [5, 5.41) is 17.6. The van der Waals surface area contributed by atoms with Gasteiger partial charge in [0.05, 0.1) is 19.8 Å². The number of carbonyl (C=O) groups is 1. The Kier molecular flexibility index (Phi) is 6.88. The number of esters is 1. The number of rotatable bonds is 8. The summed E-state index contributed by atoms with van der Waals surface area (Å²) in [7, 11) is 0. The third kappa shape index (κ3) is 6.19. The van der Waals surface area contributed by atoms with Crippen molar-refractivity contribution >= 4 is 5.97 Å². The number of aliphatic hydroxyl groups excluding tert-OH is 1. The van der Waals surface area contributed by atoms with E-state index in [9.17, 15) is 4.79 Å². The molecule has 1 rings (SSSR count). The number of hydrogen-bond donors (Lipinski definition) is 3. The number of phenolic OH excluding ortho intramolecular Hbond substituents is 1. The lowest BCUT2D eigenvalue weighted by molar-refractivity contribution is -0.146. The Balaban J connectivity index is 2.26. The topological polar surface area (TPSA) is 102 Å². The zero-order valence-electron chi connectivity index (χ0n) is 10.6. The first-order chi connectivity index (χ1) is 9.13. The van der Waals surface area contributed by atoms with Crippen LogP contribution < -0.4 is 5.73 Å². The molecule has 0 aliphatic carbocycles. The van der Waals surface area contributed by atoms with Crippen LogP contribution in [-0.4, -0.2) is 48.7 Å². The van der Waals surface area contributed by atoms with Crippen LogP contribution in [0.1, 0.15) is 5.56 Å². The number of ether oxygens (including phenoxy) is 2. The van der Waals surface area contributed by atoms with Crippen molar-refractivity contribution in [3.8, 4) is 5.75 Å². The molecule has 0 aromatic heterocycles. The molecule has 6 nitrogen and oxygen atoms in total. The summed E-state index contributed by atoms with van der Waals surface area (Å²) in [6.07, 6.45) is 0.344. The highest BCUT2D eigenvalue weighted by Gasteiger charge is 2.15. The molecular formula is C13H19NO5. The molecule has 19 heavy (non-hydrogen) atoms. The van der Waals surface area contributed by atoms with Crippen molar-refractivity contribution in [3.63, 3.8) is 0 Å². The third-order valence-corrected chi connectivity index (χ3v) is 2.40. The molecule has 0 saturated carbocycles. The van der Waals surface area contributed by atoms with Crippen LogP contribution in [0, 0.1) is 0 Å². The van der Waals surface area contributed by atoms with E-state index in [1.807, 2.05) is 0 Å². The maximum atomic E-state index is 11.5. The van der Waals surface area contributed by atoms with Crippen LogP contribution in [-0.2, 0) is 20.7 Å². The molecular weight excluding hydrogens is 250 g/mol. The second-order valence-corrected chi connectivity index (χ2v) is 3.98. The summed E-state index contributed by atoms with van der Waals surface area (Å²) < 4.78 is 9.87. The number of hydrogen-bond acceptors (Lipinski definition) is 6. The lowest BCUT2D eigenvalue weighted by Gasteiger charge is -2.11. The molecule has 0 radical (unpaired) electrons. The molecule has 0 aliphatic rings. The first-order valence-corrected chi connectivity index (χ1v) is 6.02. The van der Waals surface area contributed by atoms with Crippen molar-refractivity contribution < 1.29 is 24.5 Å². The van der Waals surface area contributed by atoms with E-state index in [1.54, 1.807) is 12.1 Å². The highest BCUT2D eigenvalue weighted by Crippen LogP contribution is 2.11. The normalized spacial score (nSPS) is 12.1. The average Bonchev–Trinajstić information content (AvgIpc) is 2.41. The van der Waals surface area contributed by atoms with E-state index in [0.717, 1.165) is 5.56 Å². The van der Waals surface area contributed by atoms with Crippen molar-refractivity contribution in [1.82, 2.24) is 0 Å². The summed E-state index contributed by atoms with van der Waals surface area (Å²) in [6, 6.07) is 5.73. The fourth-order valence-electron chi connectivity index (χ4n) is 1.44. The SMILES string of the molecule is NC(Cc1ccc(O)cc1)C(=O)OCCOCCO. The summed E-state index contributed by atoms with van der Waals surface area (Å²) in [5.74, 6) is -0.332. The van der Waals surface area contributed by atoms with Crippen LogP contribution in [0.15, 0.2) is 24.3 Å². The number of nitrogens with two attached hydrogens (primary N) is 1. The van der Waals surface area contributed by atoms with Crippen molar-refractivity contribution in [2.45, 2.75) is 12.5 Å². The lowest BCUT2D eigenvalue weighted by Crippen LogP contribution is -2.35. The lowest BCUT2D eigenvalue weighted by atomic mass is 10.1. The van der Waals surface area contributed by atoms with Crippen LogP contribution >= 0.6 is 0 Å². The van der Waals surface area contributed by atoms with E-state index >= 15 is 0 Å². The number of benzene rings is 1. The van der Waals surface area contributed by atoms with Crippen LogP contribution in [0.3, 0.4) is 0 Å². The summed E-state index contributed by atoms with van der Waals surface area (Å²) in [6.45, 7) is 0.506. The van der Waals surface area contributed by atoms with Gasteiger partial charge in [-0.25, -0.2) is 0 Å². The number of carbonyl (C=O) groups excluding carboxylic acids is 1. The Morgan fingerprint density at radius 3 is 2.53 bits per heavy atom. The molecule has 0 saturated heterocycles. The predicted octanol–water partition coefficient (Wildman–Crippen LogP) is -0.186. The maximum Gasteiger partial charge on any atom is 0.323 e. The second kappa shape index (κ2) is 8.47. The molecule has 106 valence electrons. The van der Waals surface area contributed by atoms with Gasteiger partial charge < -0.3 is 25.4 Å². The number of phenols is 1. The van der Waals surface area contributed by atoms with Gasteiger partial charge in [0.15, 0.2) is 0 Å². The number of aliphatic hydroxyl groups is 1. The van der Waals surface area contributed by atoms with Crippen molar-refractivity contribution in [3.05, 3.63) is 29.8 Å². The van der Waals surface area contributed by atoms with E-state index < -0.39 is 12.0 Å². The molecule has 1 atom stereocenters. The van der Waals surface area contributed by atoms with E-state index in [-0.39, 0.29) is 32.2 Å². The van der Waals surface area contributed by atoms with Gasteiger partial charge >= 0.3 is 5.97 Å². The zero-order chi connectivity index (χ0) is 14.1. The van der Waals surface area contributed by atoms with Crippen LogP contribution in [0.25, 0.3) is 0 Å². The van der Waals surface area contributed by atoms with Gasteiger partial charge in [-0.05, 0) is 24.1 Å². The van der Waals surface area contributed by atoms with Gasteiger partial charge in [0.2, 0.25) is 0 Å². The molecule has 0 aliphatic heterocycles. The first-order valence-electron chi connectivity index (χ1n) is 6.02. The van der Waals surface area contributed by atoms with Crippen molar-refractivity contribution in [1.29, 1.82) is 0 Å². The van der Waals surface area contributed by atoms with Crippen molar-refractivity contribution in [2.24, 2.45) is 5.73 Å². The van der Waals surface area contributed by atoms with Gasteiger partial charge in [-0.1, -0.05) is 12.1 Å².